The van der Waals surface area contributed by atoms with E-state index in [2.05, 4.69) is 20.8 Å². The van der Waals surface area contributed by atoms with Gasteiger partial charge in [-0.2, -0.15) is 0 Å². The molecule has 1 saturated heterocycles. The van der Waals surface area contributed by atoms with Crippen LogP contribution in [0.1, 0.15) is 33.3 Å². The SMILES string of the molecule is CC1C(=O)OC1(c1ccccc1)C(C)(C)C. The van der Waals surface area contributed by atoms with Crippen LogP contribution in [0.3, 0.4) is 0 Å². The highest BCUT2D eigenvalue weighted by atomic mass is 16.6. The average Bonchev–Trinajstić information content (AvgIpc) is 2.24. The van der Waals surface area contributed by atoms with E-state index in [1.165, 1.54) is 0 Å². The van der Waals surface area contributed by atoms with Crippen LogP contribution >= 0.6 is 0 Å². The van der Waals surface area contributed by atoms with Gasteiger partial charge < -0.3 is 4.74 Å². The minimum Gasteiger partial charge on any atom is -0.452 e. The summed E-state index contributed by atoms with van der Waals surface area (Å²) >= 11 is 0. The molecule has 2 rings (SSSR count). The molecule has 0 saturated carbocycles. The van der Waals surface area contributed by atoms with Gasteiger partial charge >= 0.3 is 5.97 Å². The molecule has 0 radical (unpaired) electrons. The van der Waals surface area contributed by atoms with Gasteiger partial charge in [0, 0.05) is 5.41 Å². The lowest BCUT2D eigenvalue weighted by molar-refractivity contribution is -0.241. The summed E-state index contributed by atoms with van der Waals surface area (Å²) in [5, 5.41) is 0. The van der Waals surface area contributed by atoms with Crippen LogP contribution < -0.4 is 0 Å². The Labute approximate surface area is 96.6 Å². The van der Waals surface area contributed by atoms with Gasteiger partial charge in [0.25, 0.3) is 0 Å². The topological polar surface area (TPSA) is 26.3 Å². The summed E-state index contributed by atoms with van der Waals surface area (Å²) in [6.07, 6.45) is 0. The van der Waals surface area contributed by atoms with E-state index in [0.717, 1.165) is 5.56 Å². The summed E-state index contributed by atoms with van der Waals surface area (Å²) in [7, 11) is 0. The highest BCUT2D eigenvalue weighted by Gasteiger charge is 2.61. The second-order valence-corrected chi connectivity index (χ2v) is 5.49. The largest absolute Gasteiger partial charge is 0.452 e. The van der Waals surface area contributed by atoms with Crippen molar-refractivity contribution in [2.24, 2.45) is 11.3 Å². The van der Waals surface area contributed by atoms with Crippen LogP contribution in [0.5, 0.6) is 0 Å². The van der Waals surface area contributed by atoms with E-state index in [-0.39, 0.29) is 17.3 Å². The molecule has 2 nitrogen and oxygen atoms in total. The molecular formula is C14H18O2. The van der Waals surface area contributed by atoms with Crippen molar-refractivity contribution in [3.63, 3.8) is 0 Å². The van der Waals surface area contributed by atoms with Gasteiger partial charge in [0.1, 0.15) is 0 Å². The van der Waals surface area contributed by atoms with Gasteiger partial charge in [0.05, 0.1) is 5.92 Å². The third-order valence-corrected chi connectivity index (χ3v) is 3.54. The molecule has 0 spiro atoms. The van der Waals surface area contributed by atoms with Crippen molar-refractivity contribution < 1.29 is 9.53 Å². The maximum atomic E-state index is 11.4. The van der Waals surface area contributed by atoms with Gasteiger partial charge in [-0.05, 0) is 12.5 Å². The van der Waals surface area contributed by atoms with Crippen molar-refractivity contribution in [3.05, 3.63) is 35.9 Å². The maximum Gasteiger partial charge on any atom is 0.314 e. The van der Waals surface area contributed by atoms with Crippen LogP contribution in [-0.4, -0.2) is 5.97 Å². The van der Waals surface area contributed by atoms with Crippen molar-refractivity contribution >= 4 is 5.97 Å². The summed E-state index contributed by atoms with van der Waals surface area (Å²) < 4.78 is 5.55. The third kappa shape index (κ3) is 1.29. The molecule has 1 aliphatic rings. The molecule has 16 heavy (non-hydrogen) atoms. The van der Waals surface area contributed by atoms with Crippen LogP contribution in [0.4, 0.5) is 0 Å². The molecule has 2 atom stereocenters. The Bertz CT molecular complexity index is 402. The second kappa shape index (κ2) is 3.34. The summed E-state index contributed by atoms with van der Waals surface area (Å²) in [4.78, 5) is 11.4. The zero-order valence-electron chi connectivity index (χ0n) is 10.3. The predicted octanol–water partition coefficient (Wildman–Crippen LogP) is 3.12. The molecule has 1 fully saturated rings. The minimum absolute atomic E-state index is 0.0742. The zero-order chi connectivity index (χ0) is 12.0. The summed E-state index contributed by atoms with van der Waals surface area (Å²) in [5.41, 5.74) is 0.530. The van der Waals surface area contributed by atoms with E-state index in [9.17, 15) is 4.79 Å². The number of carbonyl (C=O) groups is 1. The van der Waals surface area contributed by atoms with Crippen LogP contribution in [0.25, 0.3) is 0 Å². The number of benzene rings is 1. The van der Waals surface area contributed by atoms with E-state index >= 15 is 0 Å². The molecule has 0 aliphatic carbocycles. The molecule has 2 heteroatoms. The van der Waals surface area contributed by atoms with Crippen LogP contribution in [0.2, 0.25) is 0 Å². The fraction of sp³-hybridized carbons (Fsp3) is 0.500. The molecule has 1 aromatic rings. The Morgan fingerprint density at radius 1 is 1.19 bits per heavy atom. The summed E-state index contributed by atoms with van der Waals surface area (Å²) in [6, 6.07) is 10.0. The Morgan fingerprint density at radius 2 is 1.75 bits per heavy atom. The molecule has 0 aromatic heterocycles. The van der Waals surface area contributed by atoms with Gasteiger partial charge in [-0.15, -0.1) is 0 Å². The highest BCUT2D eigenvalue weighted by Crippen LogP contribution is 2.54. The lowest BCUT2D eigenvalue weighted by atomic mass is 9.62. The monoisotopic (exact) mass is 218 g/mol. The van der Waals surface area contributed by atoms with Crippen molar-refractivity contribution in [2.75, 3.05) is 0 Å². The number of hydrogen-bond acceptors (Lipinski definition) is 2. The Hall–Kier alpha value is -1.31. The minimum atomic E-state index is -0.467. The normalized spacial score (nSPS) is 29.5. The van der Waals surface area contributed by atoms with E-state index in [4.69, 9.17) is 4.74 Å². The Morgan fingerprint density at radius 3 is 2.12 bits per heavy atom. The molecule has 2 unspecified atom stereocenters. The molecular weight excluding hydrogens is 200 g/mol. The summed E-state index contributed by atoms with van der Waals surface area (Å²) in [6.45, 7) is 8.29. The first-order chi connectivity index (χ1) is 7.39. The average molecular weight is 218 g/mol. The summed E-state index contributed by atoms with van der Waals surface area (Å²) in [5.74, 6) is -0.173. The van der Waals surface area contributed by atoms with E-state index in [0.29, 0.717) is 0 Å². The standard InChI is InChI=1S/C14H18O2/c1-10-12(15)16-14(10,13(2,3)4)11-8-6-5-7-9-11/h5-10H,1-4H3. The lowest BCUT2D eigenvalue weighted by Crippen LogP contribution is -2.60. The van der Waals surface area contributed by atoms with Crippen LogP contribution in [0, 0.1) is 11.3 Å². The third-order valence-electron chi connectivity index (χ3n) is 3.54. The van der Waals surface area contributed by atoms with Crippen LogP contribution in [0.15, 0.2) is 30.3 Å². The smallest absolute Gasteiger partial charge is 0.314 e. The highest BCUT2D eigenvalue weighted by molar-refractivity contribution is 5.81. The fourth-order valence-corrected chi connectivity index (χ4v) is 2.67. The second-order valence-electron chi connectivity index (χ2n) is 5.49. The molecule has 1 aromatic carbocycles. The number of ether oxygens (including phenoxy) is 1. The van der Waals surface area contributed by atoms with E-state index in [1.54, 1.807) is 0 Å². The first-order valence-electron chi connectivity index (χ1n) is 5.68. The van der Waals surface area contributed by atoms with E-state index < -0.39 is 5.60 Å². The number of rotatable bonds is 1. The first kappa shape index (κ1) is 11.2. The predicted molar refractivity (Wildman–Crippen MR) is 62.8 cm³/mol. The van der Waals surface area contributed by atoms with Crippen molar-refractivity contribution in [2.45, 2.75) is 33.3 Å². The fourth-order valence-electron chi connectivity index (χ4n) is 2.67. The van der Waals surface area contributed by atoms with Crippen molar-refractivity contribution in [1.29, 1.82) is 0 Å². The molecule has 1 aliphatic heterocycles. The van der Waals surface area contributed by atoms with E-state index in [1.807, 2.05) is 37.3 Å². The maximum absolute atomic E-state index is 11.4. The zero-order valence-corrected chi connectivity index (χ0v) is 10.3. The molecule has 86 valence electrons. The van der Waals surface area contributed by atoms with Gasteiger partial charge in [-0.3, -0.25) is 4.79 Å². The number of esters is 1. The van der Waals surface area contributed by atoms with Gasteiger partial charge in [-0.1, -0.05) is 51.1 Å². The van der Waals surface area contributed by atoms with Crippen molar-refractivity contribution in [3.8, 4) is 0 Å². The molecule has 0 N–H and O–H groups in total. The molecule has 0 bridgehead atoms. The number of cyclic esters (lactones) is 1. The van der Waals surface area contributed by atoms with Crippen molar-refractivity contribution in [1.82, 2.24) is 0 Å². The van der Waals surface area contributed by atoms with Gasteiger partial charge in [0.15, 0.2) is 5.60 Å². The number of carbonyl (C=O) groups excluding carboxylic acids is 1. The molecule has 1 heterocycles. The lowest BCUT2D eigenvalue weighted by Gasteiger charge is -2.54. The van der Waals surface area contributed by atoms with Gasteiger partial charge in [-0.25, -0.2) is 0 Å². The Balaban J connectivity index is 2.50. The first-order valence-corrected chi connectivity index (χ1v) is 5.68. The van der Waals surface area contributed by atoms with Crippen LogP contribution in [-0.2, 0) is 15.1 Å². The number of hydrogen-bond donors (Lipinski definition) is 0. The van der Waals surface area contributed by atoms with Gasteiger partial charge in [0.2, 0.25) is 0 Å². The molecule has 0 amide bonds. The Kier molecular flexibility index (Phi) is 2.33. The quantitative estimate of drug-likeness (QED) is 0.677.